The largest absolute Gasteiger partial charge is 0.465 e. The molecule has 8 heteroatoms. The zero-order valence-corrected chi connectivity index (χ0v) is 12.6. The number of esters is 1. The standard InChI is InChI=1S/C13H16N2O5S/c1-3-20-13(17)8-14(2)12(16)9-21-11-6-4-10(5-7-11)15(18)19/h4-7H,3,8-9H2,1-2H3. The number of thioether (sulfide) groups is 1. The van der Waals surface area contributed by atoms with Crippen LogP contribution in [0.25, 0.3) is 0 Å². The Morgan fingerprint density at radius 3 is 2.48 bits per heavy atom. The molecule has 114 valence electrons. The van der Waals surface area contributed by atoms with Crippen LogP contribution in [0.1, 0.15) is 6.92 Å². The average molecular weight is 312 g/mol. The van der Waals surface area contributed by atoms with Crippen LogP contribution in [0.15, 0.2) is 29.2 Å². The number of non-ortho nitro benzene ring substituents is 1. The first-order valence-corrected chi connectivity index (χ1v) is 7.19. The van der Waals surface area contributed by atoms with E-state index >= 15 is 0 Å². The second-order valence-corrected chi connectivity index (χ2v) is 5.14. The van der Waals surface area contributed by atoms with Crippen LogP contribution in [0.2, 0.25) is 0 Å². The van der Waals surface area contributed by atoms with Gasteiger partial charge in [0, 0.05) is 24.1 Å². The summed E-state index contributed by atoms with van der Waals surface area (Å²) in [6, 6.07) is 5.94. The molecule has 0 saturated carbocycles. The SMILES string of the molecule is CCOC(=O)CN(C)C(=O)CSc1ccc([N+](=O)[O-])cc1. The Kier molecular flexibility index (Phi) is 6.67. The number of carbonyl (C=O) groups is 2. The lowest BCUT2D eigenvalue weighted by atomic mass is 10.3. The predicted octanol–water partition coefficient (Wildman–Crippen LogP) is 1.71. The summed E-state index contributed by atoms with van der Waals surface area (Å²) in [4.78, 5) is 35.1. The summed E-state index contributed by atoms with van der Waals surface area (Å²) in [5.41, 5.74) is 0.00473. The summed E-state index contributed by atoms with van der Waals surface area (Å²) < 4.78 is 4.76. The third-order valence-electron chi connectivity index (χ3n) is 2.51. The maximum Gasteiger partial charge on any atom is 0.325 e. The average Bonchev–Trinajstić information content (AvgIpc) is 2.45. The molecule has 21 heavy (non-hydrogen) atoms. The fourth-order valence-electron chi connectivity index (χ4n) is 1.41. The van der Waals surface area contributed by atoms with Crippen molar-refractivity contribution in [1.82, 2.24) is 4.90 Å². The van der Waals surface area contributed by atoms with E-state index in [4.69, 9.17) is 4.74 Å². The fourth-order valence-corrected chi connectivity index (χ4v) is 2.25. The third kappa shape index (κ3) is 5.82. The zero-order chi connectivity index (χ0) is 15.8. The Morgan fingerprint density at radius 1 is 1.33 bits per heavy atom. The summed E-state index contributed by atoms with van der Waals surface area (Å²) in [5.74, 6) is -0.520. The van der Waals surface area contributed by atoms with Crippen LogP contribution in [0, 0.1) is 10.1 Å². The van der Waals surface area contributed by atoms with Crippen molar-refractivity contribution in [2.45, 2.75) is 11.8 Å². The second-order valence-electron chi connectivity index (χ2n) is 4.09. The van der Waals surface area contributed by atoms with Crippen molar-refractivity contribution < 1.29 is 19.2 Å². The van der Waals surface area contributed by atoms with Gasteiger partial charge in [0.05, 0.1) is 17.3 Å². The monoisotopic (exact) mass is 312 g/mol. The Morgan fingerprint density at radius 2 is 1.95 bits per heavy atom. The molecular formula is C13H16N2O5S. The van der Waals surface area contributed by atoms with Gasteiger partial charge in [-0.15, -0.1) is 11.8 Å². The summed E-state index contributed by atoms with van der Waals surface area (Å²) in [5, 5.41) is 10.5. The van der Waals surface area contributed by atoms with E-state index in [0.717, 1.165) is 4.90 Å². The van der Waals surface area contributed by atoms with Crippen molar-refractivity contribution >= 4 is 29.3 Å². The first-order chi connectivity index (χ1) is 9.93. The number of carbonyl (C=O) groups excluding carboxylic acids is 2. The fraction of sp³-hybridized carbons (Fsp3) is 0.385. The maximum absolute atomic E-state index is 11.8. The molecule has 1 amide bonds. The number of ether oxygens (including phenoxy) is 1. The highest BCUT2D eigenvalue weighted by Gasteiger charge is 2.14. The van der Waals surface area contributed by atoms with E-state index in [1.807, 2.05) is 0 Å². The Bertz CT molecular complexity index is 518. The van der Waals surface area contributed by atoms with E-state index in [1.54, 1.807) is 19.1 Å². The van der Waals surface area contributed by atoms with Crippen LogP contribution in [0.4, 0.5) is 5.69 Å². The molecule has 7 nitrogen and oxygen atoms in total. The van der Waals surface area contributed by atoms with E-state index in [9.17, 15) is 19.7 Å². The van der Waals surface area contributed by atoms with Gasteiger partial charge in [-0.3, -0.25) is 19.7 Å². The highest BCUT2D eigenvalue weighted by atomic mass is 32.2. The zero-order valence-electron chi connectivity index (χ0n) is 11.8. The van der Waals surface area contributed by atoms with Crippen LogP contribution in [0.3, 0.4) is 0 Å². The Hall–Kier alpha value is -2.09. The smallest absolute Gasteiger partial charge is 0.325 e. The molecule has 0 unspecified atom stereocenters. The minimum Gasteiger partial charge on any atom is -0.465 e. The van der Waals surface area contributed by atoms with Gasteiger partial charge in [0.2, 0.25) is 5.91 Å². The molecule has 0 saturated heterocycles. The molecule has 0 bridgehead atoms. The van der Waals surface area contributed by atoms with Gasteiger partial charge in [-0.2, -0.15) is 0 Å². The Balaban J connectivity index is 2.45. The van der Waals surface area contributed by atoms with E-state index in [2.05, 4.69) is 0 Å². The third-order valence-corrected chi connectivity index (χ3v) is 3.50. The van der Waals surface area contributed by atoms with Crippen LogP contribution in [0.5, 0.6) is 0 Å². The van der Waals surface area contributed by atoms with Crippen molar-refractivity contribution in [3.05, 3.63) is 34.4 Å². The number of likely N-dealkylation sites (N-methyl/N-ethyl adjacent to an activating group) is 1. The van der Waals surface area contributed by atoms with Crippen LogP contribution < -0.4 is 0 Å². The molecule has 1 aromatic carbocycles. The molecule has 0 N–H and O–H groups in total. The van der Waals surface area contributed by atoms with Gasteiger partial charge >= 0.3 is 5.97 Å². The Labute approximate surface area is 126 Å². The first-order valence-electron chi connectivity index (χ1n) is 6.21. The number of amides is 1. The molecule has 0 aromatic heterocycles. The van der Waals surface area contributed by atoms with Gasteiger partial charge in [-0.1, -0.05) is 0 Å². The number of nitrogens with zero attached hydrogens (tertiary/aromatic N) is 2. The summed E-state index contributed by atoms with van der Waals surface area (Å²) >= 11 is 1.25. The predicted molar refractivity (Wildman–Crippen MR) is 78.1 cm³/mol. The highest BCUT2D eigenvalue weighted by Crippen LogP contribution is 2.21. The van der Waals surface area contributed by atoms with Gasteiger partial charge in [0.15, 0.2) is 0 Å². The molecule has 0 radical (unpaired) electrons. The number of nitro benzene ring substituents is 1. The molecule has 0 fully saturated rings. The highest BCUT2D eigenvalue weighted by molar-refractivity contribution is 8.00. The number of benzene rings is 1. The first kappa shape index (κ1) is 17.0. The van der Waals surface area contributed by atoms with E-state index in [1.165, 1.54) is 35.8 Å². The van der Waals surface area contributed by atoms with Gasteiger partial charge in [0.1, 0.15) is 6.54 Å². The summed E-state index contributed by atoms with van der Waals surface area (Å²) in [6.07, 6.45) is 0. The lowest BCUT2D eigenvalue weighted by Gasteiger charge is -2.15. The minimum atomic E-state index is -0.479. The molecule has 1 aromatic rings. The number of nitro groups is 1. The molecule has 0 aliphatic carbocycles. The second kappa shape index (κ2) is 8.25. The lowest BCUT2D eigenvalue weighted by Crippen LogP contribution is -2.34. The summed E-state index contributed by atoms with van der Waals surface area (Å²) in [6.45, 7) is 1.88. The molecular weight excluding hydrogens is 296 g/mol. The van der Waals surface area contributed by atoms with Crippen molar-refractivity contribution in [3.63, 3.8) is 0 Å². The van der Waals surface area contributed by atoms with Gasteiger partial charge in [-0.05, 0) is 19.1 Å². The maximum atomic E-state index is 11.8. The number of hydrogen-bond acceptors (Lipinski definition) is 6. The van der Waals surface area contributed by atoms with Crippen LogP contribution in [-0.4, -0.2) is 47.7 Å². The van der Waals surface area contributed by atoms with Gasteiger partial charge < -0.3 is 9.64 Å². The quantitative estimate of drug-likeness (QED) is 0.329. The van der Waals surface area contributed by atoms with Crippen LogP contribution in [-0.2, 0) is 14.3 Å². The van der Waals surface area contributed by atoms with Gasteiger partial charge in [-0.25, -0.2) is 0 Å². The molecule has 0 heterocycles. The van der Waals surface area contributed by atoms with Crippen molar-refractivity contribution in [3.8, 4) is 0 Å². The van der Waals surface area contributed by atoms with Crippen molar-refractivity contribution in [2.24, 2.45) is 0 Å². The minimum absolute atomic E-state index is 0.00473. The number of hydrogen-bond donors (Lipinski definition) is 0. The van der Waals surface area contributed by atoms with E-state index < -0.39 is 10.9 Å². The molecule has 0 aliphatic heterocycles. The van der Waals surface area contributed by atoms with Gasteiger partial charge in [0.25, 0.3) is 5.69 Å². The lowest BCUT2D eigenvalue weighted by molar-refractivity contribution is -0.384. The van der Waals surface area contributed by atoms with E-state index in [-0.39, 0.29) is 30.5 Å². The van der Waals surface area contributed by atoms with Crippen molar-refractivity contribution in [1.29, 1.82) is 0 Å². The number of rotatable bonds is 7. The molecule has 0 spiro atoms. The molecule has 1 rings (SSSR count). The normalized spacial score (nSPS) is 10.0. The molecule has 0 atom stereocenters. The molecule has 0 aliphatic rings. The topological polar surface area (TPSA) is 89.8 Å². The van der Waals surface area contributed by atoms with Crippen molar-refractivity contribution in [2.75, 3.05) is 26.0 Å². The van der Waals surface area contributed by atoms with E-state index in [0.29, 0.717) is 0 Å². The van der Waals surface area contributed by atoms with Crippen LogP contribution >= 0.6 is 11.8 Å². The summed E-state index contributed by atoms with van der Waals surface area (Å²) in [7, 11) is 1.52.